The van der Waals surface area contributed by atoms with Gasteiger partial charge in [-0.25, -0.2) is 4.98 Å². The number of halogens is 1. The predicted octanol–water partition coefficient (Wildman–Crippen LogP) is 4.44. The highest BCUT2D eigenvalue weighted by molar-refractivity contribution is 7.16. The summed E-state index contributed by atoms with van der Waals surface area (Å²) in [6.45, 7) is 4.53. The number of rotatable bonds is 5. The summed E-state index contributed by atoms with van der Waals surface area (Å²) in [5.41, 5.74) is -0.423. The van der Waals surface area contributed by atoms with Crippen molar-refractivity contribution >= 4 is 34.0 Å². The molecule has 1 amide bonds. The molecule has 0 aliphatic heterocycles. The lowest BCUT2D eigenvalue weighted by atomic mass is 9.66. The molecule has 2 fully saturated rings. The molecular formula is C18H25ClN4OS. The molecule has 25 heavy (non-hydrogen) atoms. The van der Waals surface area contributed by atoms with Crippen molar-refractivity contribution in [2.45, 2.75) is 70.8 Å². The number of anilines is 1. The van der Waals surface area contributed by atoms with E-state index < -0.39 is 5.41 Å². The molecule has 0 atom stereocenters. The van der Waals surface area contributed by atoms with Gasteiger partial charge in [-0.05, 0) is 38.5 Å². The van der Waals surface area contributed by atoms with Gasteiger partial charge in [0.05, 0.1) is 5.41 Å². The standard InChI is InChI=1S/C18H25ClN4OS/c1-3-23(16(24)18(2)9-13(10-18)21-11-20)17-22-15(19)14(25-17)12-7-5-4-6-8-12/h12-13,21H,3-10H2,1-2H3. The van der Waals surface area contributed by atoms with Crippen molar-refractivity contribution in [1.82, 2.24) is 10.3 Å². The van der Waals surface area contributed by atoms with Gasteiger partial charge in [0.25, 0.3) is 0 Å². The first-order chi connectivity index (χ1) is 12.0. The zero-order valence-electron chi connectivity index (χ0n) is 14.8. The summed E-state index contributed by atoms with van der Waals surface area (Å²) >= 11 is 8.01. The molecule has 0 bridgehead atoms. The maximum atomic E-state index is 13.1. The molecule has 2 saturated carbocycles. The van der Waals surface area contributed by atoms with Crippen LogP contribution in [0.1, 0.15) is 69.6 Å². The quantitative estimate of drug-likeness (QED) is 0.605. The molecule has 0 unspecified atom stereocenters. The van der Waals surface area contributed by atoms with Gasteiger partial charge in [0.2, 0.25) is 5.91 Å². The third kappa shape index (κ3) is 3.63. The molecule has 2 aliphatic rings. The molecular weight excluding hydrogens is 356 g/mol. The van der Waals surface area contributed by atoms with Gasteiger partial charge in [0, 0.05) is 17.5 Å². The number of carbonyl (C=O) groups excluding carboxylic acids is 1. The predicted molar refractivity (Wildman–Crippen MR) is 101 cm³/mol. The number of carbonyl (C=O) groups is 1. The molecule has 0 radical (unpaired) electrons. The summed E-state index contributed by atoms with van der Waals surface area (Å²) < 4.78 is 0. The summed E-state index contributed by atoms with van der Waals surface area (Å²) in [4.78, 5) is 20.5. The van der Waals surface area contributed by atoms with Crippen LogP contribution in [0.25, 0.3) is 0 Å². The van der Waals surface area contributed by atoms with E-state index in [0.717, 1.165) is 10.0 Å². The van der Waals surface area contributed by atoms with Gasteiger partial charge in [-0.15, -0.1) is 0 Å². The normalized spacial score (nSPS) is 26.6. The van der Waals surface area contributed by atoms with E-state index in [1.54, 1.807) is 16.2 Å². The Morgan fingerprint density at radius 2 is 2.12 bits per heavy atom. The number of amides is 1. The fourth-order valence-electron chi connectivity index (χ4n) is 4.12. The Balaban J connectivity index is 1.75. The van der Waals surface area contributed by atoms with Crippen molar-refractivity contribution in [3.05, 3.63) is 10.0 Å². The molecule has 1 aromatic heterocycles. The molecule has 136 valence electrons. The van der Waals surface area contributed by atoms with Crippen LogP contribution in [0.15, 0.2) is 0 Å². The van der Waals surface area contributed by atoms with Crippen LogP contribution < -0.4 is 10.2 Å². The Labute approximate surface area is 158 Å². The second-order valence-electron chi connectivity index (χ2n) is 7.46. The first-order valence-electron chi connectivity index (χ1n) is 9.11. The van der Waals surface area contributed by atoms with Crippen LogP contribution >= 0.6 is 22.9 Å². The largest absolute Gasteiger partial charge is 0.321 e. The van der Waals surface area contributed by atoms with Crippen LogP contribution in [0.2, 0.25) is 5.15 Å². The van der Waals surface area contributed by atoms with E-state index in [2.05, 4.69) is 10.3 Å². The zero-order chi connectivity index (χ0) is 18.0. The molecule has 3 rings (SSSR count). The van der Waals surface area contributed by atoms with E-state index >= 15 is 0 Å². The van der Waals surface area contributed by atoms with Crippen molar-refractivity contribution in [2.75, 3.05) is 11.4 Å². The van der Waals surface area contributed by atoms with Crippen molar-refractivity contribution in [3.8, 4) is 6.19 Å². The average molecular weight is 381 g/mol. The highest BCUT2D eigenvalue weighted by Crippen LogP contribution is 2.45. The molecule has 1 N–H and O–H groups in total. The molecule has 0 saturated heterocycles. The van der Waals surface area contributed by atoms with E-state index in [4.69, 9.17) is 16.9 Å². The van der Waals surface area contributed by atoms with Gasteiger partial charge in [-0.1, -0.05) is 49.1 Å². The Bertz CT molecular complexity index is 671. The van der Waals surface area contributed by atoms with Crippen molar-refractivity contribution in [3.63, 3.8) is 0 Å². The van der Waals surface area contributed by atoms with Crippen LogP contribution in [0.5, 0.6) is 0 Å². The number of thiazole rings is 1. The van der Waals surface area contributed by atoms with E-state index in [9.17, 15) is 4.79 Å². The Hall–Kier alpha value is -1.32. The molecule has 0 spiro atoms. The highest BCUT2D eigenvalue weighted by Gasteiger charge is 2.48. The van der Waals surface area contributed by atoms with Crippen molar-refractivity contribution in [1.29, 1.82) is 5.26 Å². The fourth-order valence-corrected chi connectivity index (χ4v) is 5.71. The van der Waals surface area contributed by atoms with Crippen LogP contribution in [0.3, 0.4) is 0 Å². The van der Waals surface area contributed by atoms with E-state index in [0.29, 0.717) is 30.5 Å². The summed E-state index contributed by atoms with van der Waals surface area (Å²) in [7, 11) is 0. The van der Waals surface area contributed by atoms with Gasteiger partial charge in [0.1, 0.15) is 5.15 Å². The average Bonchev–Trinajstić information content (AvgIpc) is 2.96. The van der Waals surface area contributed by atoms with Gasteiger partial charge >= 0.3 is 0 Å². The second-order valence-corrected chi connectivity index (χ2v) is 8.82. The minimum atomic E-state index is -0.423. The number of hydrogen-bond donors (Lipinski definition) is 1. The summed E-state index contributed by atoms with van der Waals surface area (Å²) in [5, 5.41) is 12.8. The van der Waals surface area contributed by atoms with Crippen molar-refractivity contribution < 1.29 is 4.79 Å². The highest BCUT2D eigenvalue weighted by atomic mass is 35.5. The fraction of sp³-hybridized carbons (Fsp3) is 0.722. The lowest BCUT2D eigenvalue weighted by Gasteiger charge is -2.44. The molecule has 7 heteroatoms. The SMILES string of the molecule is CCN(C(=O)C1(C)CC(NC#N)C1)c1nc(Cl)c(C2CCCCC2)s1. The smallest absolute Gasteiger partial charge is 0.234 e. The molecule has 1 aromatic rings. The third-order valence-electron chi connectivity index (χ3n) is 5.55. The number of nitriles is 1. The first kappa shape index (κ1) is 18.5. The van der Waals surface area contributed by atoms with Gasteiger partial charge in [-0.3, -0.25) is 9.69 Å². The first-order valence-corrected chi connectivity index (χ1v) is 10.3. The Morgan fingerprint density at radius 3 is 2.72 bits per heavy atom. The lowest BCUT2D eigenvalue weighted by Crippen LogP contribution is -2.55. The number of hydrogen-bond acceptors (Lipinski definition) is 5. The topological polar surface area (TPSA) is 69.0 Å². The lowest BCUT2D eigenvalue weighted by molar-refractivity contribution is -0.132. The Kier molecular flexibility index (Phi) is 5.55. The Morgan fingerprint density at radius 1 is 1.44 bits per heavy atom. The molecule has 1 heterocycles. The summed E-state index contributed by atoms with van der Waals surface area (Å²) in [6.07, 6.45) is 9.46. The maximum Gasteiger partial charge on any atom is 0.234 e. The zero-order valence-corrected chi connectivity index (χ0v) is 16.4. The van der Waals surface area contributed by atoms with Crippen molar-refractivity contribution in [2.24, 2.45) is 5.41 Å². The van der Waals surface area contributed by atoms with Crippen LogP contribution in [-0.4, -0.2) is 23.5 Å². The van der Waals surface area contributed by atoms with Gasteiger partial charge in [0.15, 0.2) is 11.3 Å². The van der Waals surface area contributed by atoms with Gasteiger partial charge < -0.3 is 5.32 Å². The molecule has 2 aliphatic carbocycles. The molecule has 5 nitrogen and oxygen atoms in total. The number of nitrogens with one attached hydrogen (secondary N) is 1. The van der Waals surface area contributed by atoms with Gasteiger partial charge in [-0.2, -0.15) is 5.26 Å². The van der Waals surface area contributed by atoms with Crippen LogP contribution in [0, 0.1) is 16.9 Å². The van der Waals surface area contributed by atoms with Crippen LogP contribution in [-0.2, 0) is 4.79 Å². The monoisotopic (exact) mass is 380 g/mol. The minimum Gasteiger partial charge on any atom is -0.321 e. The summed E-state index contributed by atoms with van der Waals surface area (Å²) in [6, 6.07) is 0.107. The van der Waals surface area contributed by atoms with E-state index in [-0.39, 0.29) is 11.9 Å². The van der Waals surface area contributed by atoms with E-state index in [1.807, 2.05) is 20.0 Å². The number of nitrogens with zero attached hydrogens (tertiary/aromatic N) is 3. The molecule has 0 aromatic carbocycles. The van der Waals surface area contributed by atoms with E-state index in [1.165, 1.54) is 32.1 Å². The summed E-state index contributed by atoms with van der Waals surface area (Å²) in [5.74, 6) is 0.580. The maximum absolute atomic E-state index is 13.1. The third-order valence-corrected chi connectivity index (χ3v) is 7.19. The number of aromatic nitrogens is 1. The van der Waals surface area contributed by atoms with Crippen LogP contribution in [0.4, 0.5) is 5.13 Å². The second kappa shape index (κ2) is 7.51. The minimum absolute atomic E-state index is 0.0894.